The molecule has 1 N–H and O–H groups in total. The number of amides is 1. The number of carbonyl (C=O) groups excluding carboxylic acids is 1. The van der Waals surface area contributed by atoms with Crippen LogP contribution in [0.3, 0.4) is 0 Å². The van der Waals surface area contributed by atoms with Crippen molar-refractivity contribution in [2.24, 2.45) is 0 Å². The summed E-state index contributed by atoms with van der Waals surface area (Å²) in [5.74, 6) is -0.00325. The van der Waals surface area contributed by atoms with Crippen molar-refractivity contribution in [3.05, 3.63) is 51.5 Å². The summed E-state index contributed by atoms with van der Waals surface area (Å²) in [4.78, 5) is 19.4. The van der Waals surface area contributed by atoms with Gasteiger partial charge in [0.25, 0.3) is 5.91 Å². The molecule has 0 aliphatic rings. The van der Waals surface area contributed by atoms with Crippen LogP contribution < -0.4 is 10.1 Å². The van der Waals surface area contributed by atoms with Gasteiger partial charge in [-0.2, -0.15) is 0 Å². The summed E-state index contributed by atoms with van der Waals surface area (Å²) in [6, 6.07) is 3.06. The second-order valence-electron chi connectivity index (χ2n) is 3.89. The Bertz CT molecular complexity index is 615. The molecule has 0 saturated carbocycles. The van der Waals surface area contributed by atoms with E-state index in [1.807, 2.05) is 0 Å². The Morgan fingerprint density at radius 3 is 2.52 bits per heavy atom. The van der Waals surface area contributed by atoms with Crippen LogP contribution in [-0.4, -0.2) is 29.0 Å². The van der Waals surface area contributed by atoms with E-state index >= 15 is 0 Å². The van der Waals surface area contributed by atoms with Crippen molar-refractivity contribution in [2.75, 3.05) is 13.2 Å². The van der Waals surface area contributed by atoms with E-state index in [9.17, 15) is 4.79 Å². The Hall–Kier alpha value is -1.56. The van der Waals surface area contributed by atoms with E-state index in [1.165, 1.54) is 30.7 Å². The average molecular weight is 347 g/mol. The molecule has 0 atom stereocenters. The first-order chi connectivity index (χ1) is 10.1. The predicted molar refractivity (Wildman–Crippen MR) is 81.3 cm³/mol. The second-order valence-corrected chi connectivity index (χ2v) is 5.14. The van der Waals surface area contributed by atoms with Gasteiger partial charge in [0.1, 0.15) is 12.3 Å². The van der Waals surface area contributed by atoms with Gasteiger partial charge in [-0.05, 0) is 12.1 Å². The quantitative estimate of drug-likeness (QED) is 0.844. The van der Waals surface area contributed by atoms with E-state index in [0.717, 1.165) is 0 Å². The fourth-order valence-corrected chi connectivity index (χ4v) is 2.42. The third-order valence-electron chi connectivity index (χ3n) is 2.39. The molecule has 1 amide bonds. The highest BCUT2D eigenvalue weighted by atomic mass is 35.5. The molecule has 0 bridgehead atoms. The van der Waals surface area contributed by atoms with Crippen molar-refractivity contribution < 1.29 is 9.53 Å². The molecule has 1 aromatic carbocycles. The minimum Gasteiger partial charge on any atom is -0.489 e. The molecule has 0 radical (unpaired) electrons. The topological polar surface area (TPSA) is 64.1 Å². The largest absolute Gasteiger partial charge is 0.489 e. The standard InChI is InChI=1S/C13H10Cl3N3O2/c14-8-5-9(15)12(10(16)6-8)21-4-3-19-13(20)11-7-17-1-2-18-11/h1-2,5-7H,3-4H2,(H,19,20). The molecule has 8 heteroatoms. The number of halogens is 3. The third-order valence-corrected chi connectivity index (χ3v) is 3.17. The molecule has 0 spiro atoms. The maximum Gasteiger partial charge on any atom is 0.271 e. The lowest BCUT2D eigenvalue weighted by Gasteiger charge is -2.10. The SMILES string of the molecule is O=C(NCCOc1c(Cl)cc(Cl)cc1Cl)c1cnccn1. The highest BCUT2D eigenvalue weighted by Gasteiger charge is 2.10. The molecule has 0 unspecified atom stereocenters. The van der Waals surface area contributed by atoms with E-state index in [1.54, 1.807) is 0 Å². The van der Waals surface area contributed by atoms with Gasteiger partial charge < -0.3 is 10.1 Å². The summed E-state index contributed by atoms with van der Waals surface area (Å²) < 4.78 is 5.44. The van der Waals surface area contributed by atoms with Crippen LogP contribution in [0.25, 0.3) is 0 Å². The van der Waals surface area contributed by atoms with Crippen molar-refractivity contribution >= 4 is 40.7 Å². The van der Waals surface area contributed by atoms with Crippen LogP contribution >= 0.6 is 34.8 Å². The van der Waals surface area contributed by atoms with Gasteiger partial charge in [0, 0.05) is 17.4 Å². The van der Waals surface area contributed by atoms with Gasteiger partial charge >= 0.3 is 0 Å². The number of aromatic nitrogens is 2. The summed E-state index contributed by atoms with van der Waals surface area (Å²) in [5, 5.41) is 3.69. The minimum atomic E-state index is -0.333. The van der Waals surface area contributed by atoms with E-state index in [2.05, 4.69) is 15.3 Å². The Labute approximate surface area is 136 Å². The molecule has 2 aromatic rings. The van der Waals surface area contributed by atoms with Gasteiger partial charge in [-0.15, -0.1) is 0 Å². The summed E-state index contributed by atoms with van der Waals surface area (Å²) in [5.41, 5.74) is 0.236. The van der Waals surface area contributed by atoms with Crippen molar-refractivity contribution in [1.29, 1.82) is 0 Å². The van der Waals surface area contributed by atoms with Crippen LogP contribution in [0, 0.1) is 0 Å². The van der Waals surface area contributed by atoms with Crippen LogP contribution in [0.2, 0.25) is 15.1 Å². The zero-order valence-electron chi connectivity index (χ0n) is 10.6. The molecular formula is C13H10Cl3N3O2. The lowest BCUT2D eigenvalue weighted by atomic mass is 10.3. The number of rotatable bonds is 5. The number of nitrogens with zero attached hydrogens (tertiary/aromatic N) is 2. The zero-order chi connectivity index (χ0) is 15.2. The third kappa shape index (κ3) is 4.46. The molecule has 110 valence electrons. The maximum atomic E-state index is 11.7. The summed E-state index contributed by atoms with van der Waals surface area (Å²) >= 11 is 17.7. The molecule has 0 fully saturated rings. The first-order valence-corrected chi connectivity index (χ1v) is 7.03. The van der Waals surface area contributed by atoms with Crippen molar-refractivity contribution in [3.63, 3.8) is 0 Å². The maximum absolute atomic E-state index is 11.7. The Morgan fingerprint density at radius 2 is 1.90 bits per heavy atom. The van der Waals surface area contributed by atoms with E-state index in [0.29, 0.717) is 20.8 Å². The summed E-state index contributed by atoms with van der Waals surface area (Å²) in [7, 11) is 0. The normalized spacial score (nSPS) is 10.2. The number of ether oxygens (including phenoxy) is 1. The fourth-order valence-electron chi connectivity index (χ4n) is 1.49. The van der Waals surface area contributed by atoms with Crippen molar-refractivity contribution in [1.82, 2.24) is 15.3 Å². The smallest absolute Gasteiger partial charge is 0.271 e. The molecule has 0 saturated heterocycles. The van der Waals surface area contributed by atoms with Crippen molar-refractivity contribution in [3.8, 4) is 5.75 Å². The monoisotopic (exact) mass is 345 g/mol. The molecule has 2 rings (SSSR count). The molecule has 0 aliphatic carbocycles. The lowest BCUT2D eigenvalue weighted by Crippen LogP contribution is -2.28. The number of nitrogens with one attached hydrogen (secondary N) is 1. The van der Waals surface area contributed by atoms with E-state index in [-0.39, 0.29) is 24.8 Å². The van der Waals surface area contributed by atoms with Crippen LogP contribution in [0.4, 0.5) is 0 Å². The minimum absolute atomic E-state index is 0.201. The highest BCUT2D eigenvalue weighted by molar-refractivity contribution is 6.40. The Balaban J connectivity index is 1.84. The molecular weight excluding hydrogens is 337 g/mol. The molecule has 0 aliphatic heterocycles. The van der Waals surface area contributed by atoms with Gasteiger partial charge in [0.15, 0.2) is 5.75 Å². The summed E-state index contributed by atoms with van der Waals surface area (Å²) in [6.07, 6.45) is 4.31. The molecule has 5 nitrogen and oxygen atoms in total. The van der Waals surface area contributed by atoms with Crippen LogP contribution in [-0.2, 0) is 0 Å². The van der Waals surface area contributed by atoms with Gasteiger partial charge in [-0.3, -0.25) is 9.78 Å². The van der Waals surface area contributed by atoms with Gasteiger partial charge in [-0.1, -0.05) is 34.8 Å². The highest BCUT2D eigenvalue weighted by Crippen LogP contribution is 2.35. The van der Waals surface area contributed by atoms with Gasteiger partial charge in [0.2, 0.25) is 0 Å². The van der Waals surface area contributed by atoms with Gasteiger partial charge in [0.05, 0.1) is 22.8 Å². The first kappa shape index (κ1) is 15.8. The Morgan fingerprint density at radius 1 is 1.19 bits per heavy atom. The van der Waals surface area contributed by atoms with Crippen LogP contribution in [0.5, 0.6) is 5.75 Å². The van der Waals surface area contributed by atoms with E-state index in [4.69, 9.17) is 39.5 Å². The molecule has 1 aromatic heterocycles. The number of hydrogen-bond acceptors (Lipinski definition) is 4. The second kappa shape index (κ2) is 7.45. The first-order valence-electron chi connectivity index (χ1n) is 5.89. The number of benzene rings is 1. The lowest BCUT2D eigenvalue weighted by molar-refractivity contribution is 0.0941. The average Bonchev–Trinajstić information content (AvgIpc) is 2.46. The number of carbonyl (C=O) groups is 1. The van der Waals surface area contributed by atoms with Gasteiger partial charge in [-0.25, -0.2) is 4.98 Å². The zero-order valence-corrected chi connectivity index (χ0v) is 12.9. The predicted octanol–water partition coefficient (Wildman–Crippen LogP) is 3.25. The number of hydrogen-bond donors (Lipinski definition) is 1. The van der Waals surface area contributed by atoms with Crippen LogP contribution in [0.15, 0.2) is 30.7 Å². The van der Waals surface area contributed by atoms with Crippen molar-refractivity contribution in [2.45, 2.75) is 0 Å². The molecule has 21 heavy (non-hydrogen) atoms. The van der Waals surface area contributed by atoms with E-state index < -0.39 is 0 Å². The summed E-state index contributed by atoms with van der Waals surface area (Å²) in [6.45, 7) is 0.470. The van der Waals surface area contributed by atoms with Crippen LogP contribution in [0.1, 0.15) is 10.5 Å². The molecule has 1 heterocycles. The Kier molecular flexibility index (Phi) is 5.61. The fraction of sp³-hybridized carbons (Fsp3) is 0.154.